The third kappa shape index (κ3) is 10.8. The van der Waals surface area contributed by atoms with E-state index in [9.17, 15) is 14.7 Å². The Morgan fingerprint density at radius 2 is 1.81 bits per heavy atom. The average molecular weight is 1100 g/mol. The molecule has 4 aliphatic heterocycles. The number of aromatic nitrogens is 5. The van der Waals surface area contributed by atoms with E-state index in [0.717, 1.165) is 95.5 Å². The van der Waals surface area contributed by atoms with Crippen molar-refractivity contribution in [2.45, 2.75) is 121 Å². The molecule has 18 nitrogen and oxygen atoms in total. The number of halogens is 1. The van der Waals surface area contributed by atoms with E-state index in [1.54, 1.807) is 24.2 Å². The standard InChI is InChI=1S/C62H69FN12O6/c1-34(2)55(61(78)74-22-6-8-52(74)60(77)69-51(32-76)41-17-15-38(16-18-41)46-7-5-21-65-36(46)4)67-30-50(72-64)40-11-9-37(10-12-40)33-80-58-54(53-35(3)49(63)25-42-28-68-73-56(42)53)47(39-13-14-39)27-48-57(58)70-62(81-45-19-23-79-24-20-45)71-59(48)75-31-43-26-44(75)29-66-43/h5,7,9-12,15-18,21,25,27-28,30,34,39,43-45,51-52,55,66,76H,6,8,13-14,19-20,22-24,26,29,31-33,64H2,1-4H3,(H,68,73)(H,69,77)/b67-30?,72-50+/t43-,44-,51-,52-,55-/m0/s1. The Morgan fingerprint density at radius 1 is 1.01 bits per heavy atom. The number of benzene rings is 4. The molecule has 0 unspecified atom stereocenters. The van der Waals surface area contributed by atoms with Crippen LogP contribution < -0.4 is 30.8 Å². The number of pyridine rings is 1. The van der Waals surface area contributed by atoms with E-state index < -0.39 is 18.1 Å². The third-order valence-corrected chi connectivity index (χ3v) is 16.9. The lowest BCUT2D eigenvalue weighted by Gasteiger charge is -2.31. The molecule has 5 fully saturated rings. The molecule has 5 atom stereocenters. The predicted octanol–water partition coefficient (Wildman–Crippen LogP) is 8.15. The number of nitrogens with two attached hydrogens (primary N) is 1. The highest BCUT2D eigenvalue weighted by Gasteiger charge is 2.42. The zero-order chi connectivity index (χ0) is 55.9. The number of hydrogen-bond acceptors (Lipinski definition) is 15. The summed E-state index contributed by atoms with van der Waals surface area (Å²) in [6.45, 7) is 10.6. The summed E-state index contributed by atoms with van der Waals surface area (Å²) >= 11 is 0. The summed E-state index contributed by atoms with van der Waals surface area (Å²) in [6.07, 6.45) is 10.4. The molecule has 420 valence electrons. The number of fused-ring (bicyclic) bond motifs is 4. The number of piperazine rings is 1. The number of anilines is 1. The number of ether oxygens (including phenoxy) is 3. The Labute approximate surface area is 469 Å². The Kier molecular flexibility index (Phi) is 15.2. The van der Waals surface area contributed by atoms with Crippen molar-refractivity contribution in [3.8, 4) is 34.0 Å². The van der Waals surface area contributed by atoms with Crippen molar-refractivity contribution < 1.29 is 33.3 Å². The molecule has 2 amide bonds. The lowest BCUT2D eigenvalue weighted by Crippen LogP contribution is -2.50. The number of carbonyl (C=O) groups is 2. The number of carbonyl (C=O) groups excluding carboxylic acids is 2. The molecule has 4 aromatic carbocycles. The summed E-state index contributed by atoms with van der Waals surface area (Å²) in [5, 5.41) is 30.3. The van der Waals surface area contributed by atoms with Crippen LogP contribution in [0.5, 0.6) is 11.8 Å². The molecule has 6 N–H and O–H groups in total. The molecule has 81 heavy (non-hydrogen) atoms. The van der Waals surface area contributed by atoms with Gasteiger partial charge in [0.05, 0.1) is 43.8 Å². The number of aromatic amines is 1. The highest BCUT2D eigenvalue weighted by molar-refractivity contribution is 6.38. The molecule has 3 aromatic heterocycles. The molecule has 7 aromatic rings. The van der Waals surface area contributed by atoms with Crippen molar-refractivity contribution >= 4 is 51.4 Å². The van der Waals surface area contributed by atoms with Gasteiger partial charge in [0.2, 0.25) is 11.8 Å². The number of likely N-dealkylation sites (tertiary alicyclic amines) is 1. The number of nitrogens with zero attached hydrogens (tertiary/aromatic N) is 8. The maximum Gasteiger partial charge on any atom is 0.319 e. The molecule has 0 spiro atoms. The Balaban J connectivity index is 0.809. The molecule has 0 radical (unpaired) electrons. The van der Waals surface area contributed by atoms with Crippen molar-refractivity contribution in [2.75, 3.05) is 44.4 Å². The molecule has 1 saturated carbocycles. The quantitative estimate of drug-likeness (QED) is 0.0311. The van der Waals surface area contributed by atoms with E-state index in [2.05, 4.69) is 41.9 Å². The summed E-state index contributed by atoms with van der Waals surface area (Å²) in [6, 6.07) is 21.6. The van der Waals surface area contributed by atoms with Gasteiger partial charge in [0, 0.05) is 89.5 Å². The largest absolute Gasteiger partial charge is 0.486 e. The van der Waals surface area contributed by atoms with Gasteiger partial charge >= 0.3 is 6.01 Å². The first-order chi connectivity index (χ1) is 39.4. The van der Waals surface area contributed by atoms with E-state index >= 15 is 4.39 Å². The van der Waals surface area contributed by atoms with Crippen LogP contribution >= 0.6 is 0 Å². The molecule has 7 heterocycles. The molecule has 19 heteroatoms. The van der Waals surface area contributed by atoms with Gasteiger partial charge in [-0.05, 0) is 104 Å². The Morgan fingerprint density at radius 3 is 2.52 bits per heavy atom. The van der Waals surface area contributed by atoms with Crippen LogP contribution in [0.25, 0.3) is 44.1 Å². The zero-order valence-electron chi connectivity index (χ0n) is 46.2. The second-order valence-electron chi connectivity index (χ2n) is 22.6. The molecule has 2 bridgehead atoms. The van der Waals surface area contributed by atoms with E-state index in [0.29, 0.717) is 83.2 Å². The van der Waals surface area contributed by atoms with Crippen LogP contribution in [0, 0.1) is 25.6 Å². The first kappa shape index (κ1) is 53.8. The van der Waals surface area contributed by atoms with Crippen molar-refractivity contribution in [3.05, 3.63) is 125 Å². The number of hydrazone groups is 1. The SMILES string of the molecule is Cc1ncccc1-c1ccc([C@H](CO)NC(=O)[C@@H]2CCCN2C(=O)[C@@H](N=C/C(=N\N)c2ccc(COc3c(-c4c(C)c(F)cc5cn[nH]c45)c(C4CC4)cc4c(N5C[C@@H]6C[C@H]5CN6)nc(OC5CCOCC5)nc34)cc2)C(C)C)cc1. The van der Waals surface area contributed by atoms with Crippen LogP contribution in [0.1, 0.15) is 104 Å². The van der Waals surface area contributed by atoms with Crippen molar-refractivity contribution in [3.63, 3.8) is 0 Å². The van der Waals surface area contributed by atoms with Gasteiger partial charge in [-0.1, -0.05) is 68.4 Å². The smallest absolute Gasteiger partial charge is 0.319 e. The van der Waals surface area contributed by atoms with Crippen LogP contribution in [0.15, 0.2) is 95.3 Å². The van der Waals surface area contributed by atoms with Crippen molar-refractivity contribution in [1.29, 1.82) is 0 Å². The Bertz CT molecular complexity index is 3540. The van der Waals surface area contributed by atoms with Crippen LogP contribution in [-0.4, -0.2) is 129 Å². The normalized spacial score (nSPS) is 20.3. The first-order valence-corrected chi connectivity index (χ1v) is 28.5. The van der Waals surface area contributed by atoms with E-state index in [-0.39, 0.29) is 60.8 Å². The summed E-state index contributed by atoms with van der Waals surface area (Å²) in [4.78, 5) is 52.0. The summed E-state index contributed by atoms with van der Waals surface area (Å²) in [5.74, 6) is 6.42. The van der Waals surface area contributed by atoms with Crippen LogP contribution in [-0.2, 0) is 20.9 Å². The number of rotatable bonds is 18. The fraction of sp³-hybridized carbons (Fsp3) is 0.419. The highest BCUT2D eigenvalue weighted by atomic mass is 19.1. The number of amides is 2. The summed E-state index contributed by atoms with van der Waals surface area (Å²) < 4.78 is 35.6. The number of nitrogens with one attached hydrogen (secondary N) is 3. The van der Waals surface area contributed by atoms with Gasteiger partial charge in [0.25, 0.3) is 0 Å². The van der Waals surface area contributed by atoms with Crippen molar-refractivity contribution in [1.82, 2.24) is 40.7 Å². The van der Waals surface area contributed by atoms with Gasteiger partial charge in [0.1, 0.15) is 47.7 Å². The number of aliphatic imine (C=N–C) groups is 1. The number of aryl methyl sites for hydroxylation is 1. The number of aliphatic hydroxyl groups excluding tert-OH is 1. The minimum atomic E-state index is -0.829. The van der Waals surface area contributed by atoms with Gasteiger partial charge in [-0.3, -0.25) is 24.7 Å². The second kappa shape index (κ2) is 22.9. The maximum atomic E-state index is 16.2. The maximum absolute atomic E-state index is 16.2. The zero-order valence-corrected chi connectivity index (χ0v) is 46.2. The number of aliphatic hydroxyl groups is 1. The van der Waals surface area contributed by atoms with Gasteiger partial charge < -0.3 is 45.6 Å². The lowest BCUT2D eigenvalue weighted by molar-refractivity contribution is -0.140. The minimum absolute atomic E-state index is 0.117. The van der Waals surface area contributed by atoms with Crippen LogP contribution in [0.3, 0.4) is 0 Å². The molecule has 12 rings (SSSR count). The molecule has 4 saturated heterocycles. The fourth-order valence-corrected chi connectivity index (χ4v) is 12.3. The molecular formula is C62H69FN12O6. The van der Waals surface area contributed by atoms with E-state index in [1.165, 1.54) is 12.3 Å². The first-order valence-electron chi connectivity index (χ1n) is 28.5. The Hall–Kier alpha value is -7.87. The average Bonchev–Trinajstić information content (AvgIpc) is 3.81. The molecule has 1 aliphatic carbocycles. The number of H-pyrrole nitrogens is 1. The highest BCUT2D eigenvalue weighted by Crippen LogP contribution is 2.53. The summed E-state index contributed by atoms with van der Waals surface area (Å²) in [5.41, 5.74) is 9.77. The van der Waals surface area contributed by atoms with E-state index in [1.807, 2.05) is 81.4 Å². The second-order valence-corrected chi connectivity index (χ2v) is 22.6. The van der Waals surface area contributed by atoms with Crippen LogP contribution in [0.4, 0.5) is 10.2 Å². The van der Waals surface area contributed by atoms with Crippen LogP contribution in [0.2, 0.25) is 0 Å². The topological polar surface area (TPSA) is 231 Å². The van der Waals surface area contributed by atoms with E-state index in [4.69, 9.17) is 35.0 Å². The van der Waals surface area contributed by atoms with Gasteiger partial charge in [0.15, 0.2) is 5.75 Å². The van der Waals surface area contributed by atoms with Gasteiger partial charge in [-0.2, -0.15) is 20.2 Å². The summed E-state index contributed by atoms with van der Waals surface area (Å²) in [7, 11) is 0. The van der Waals surface area contributed by atoms with Crippen molar-refractivity contribution in [2.24, 2.45) is 21.9 Å². The third-order valence-electron chi connectivity index (χ3n) is 16.9. The molecule has 5 aliphatic rings. The predicted molar refractivity (Wildman–Crippen MR) is 309 cm³/mol. The lowest BCUT2D eigenvalue weighted by atomic mass is 9.89. The minimum Gasteiger partial charge on any atom is -0.486 e. The van der Waals surface area contributed by atoms with Gasteiger partial charge in [-0.15, -0.1) is 0 Å². The van der Waals surface area contributed by atoms with Gasteiger partial charge in [-0.25, -0.2) is 4.39 Å². The monoisotopic (exact) mass is 1100 g/mol. The number of hydrogen-bond donors (Lipinski definition) is 5. The fourth-order valence-electron chi connectivity index (χ4n) is 12.3. The molecular weight excluding hydrogens is 1030 g/mol.